The lowest BCUT2D eigenvalue weighted by atomic mass is 10.1. The third-order valence-corrected chi connectivity index (χ3v) is 3.39. The molecule has 2 amide bonds. The predicted octanol–water partition coefficient (Wildman–Crippen LogP) is 2.62. The number of fused-ring (bicyclic) bond motifs is 1. The average Bonchev–Trinajstić information content (AvgIpc) is 2.85. The Morgan fingerprint density at radius 1 is 1.00 bits per heavy atom. The first-order chi connectivity index (χ1) is 11.6. The largest absolute Gasteiger partial charge is 0.490 e. The van der Waals surface area contributed by atoms with E-state index in [1.54, 1.807) is 30.3 Å². The van der Waals surface area contributed by atoms with E-state index in [9.17, 15) is 14.4 Å². The molecule has 1 aliphatic heterocycles. The molecule has 24 heavy (non-hydrogen) atoms. The number of carbonyl (C=O) groups is 3. The fourth-order valence-electron chi connectivity index (χ4n) is 2.23. The van der Waals surface area contributed by atoms with Gasteiger partial charge in [-0.05, 0) is 36.4 Å². The van der Waals surface area contributed by atoms with Gasteiger partial charge in [-0.3, -0.25) is 9.59 Å². The highest BCUT2D eigenvalue weighted by Crippen LogP contribution is 2.23. The van der Waals surface area contributed by atoms with Crippen LogP contribution in [0.1, 0.15) is 31.1 Å². The fourth-order valence-corrected chi connectivity index (χ4v) is 2.23. The summed E-state index contributed by atoms with van der Waals surface area (Å²) in [5, 5.41) is 0.481. The van der Waals surface area contributed by atoms with Gasteiger partial charge in [-0.15, -0.1) is 0 Å². The van der Waals surface area contributed by atoms with Gasteiger partial charge in [-0.1, -0.05) is 29.9 Å². The Morgan fingerprint density at radius 2 is 1.58 bits per heavy atom. The number of hydrogen-bond acceptors (Lipinski definition) is 5. The van der Waals surface area contributed by atoms with E-state index in [0.29, 0.717) is 17.4 Å². The molecule has 0 aromatic heterocycles. The Hall–Kier alpha value is -3.41. The number of ether oxygens (including phenoxy) is 1. The molecule has 0 fully saturated rings. The molecule has 0 unspecified atom stereocenters. The number of nitrogens with zero attached hydrogens (tertiary/aromatic N) is 1. The molecule has 0 radical (unpaired) electrons. The molecule has 6 nitrogen and oxygen atoms in total. The van der Waals surface area contributed by atoms with Crippen molar-refractivity contribution >= 4 is 17.8 Å². The molecule has 6 heteroatoms. The second kappa shape index (κ2) is 6.37. The zero-order chi connectivity index (χ0) is 17.1. The highest BCUT2D eigenvalue weighted by molar-refractivity contribution is 6.21. The first-order valence-corrected chi connectivity index (χ1v) is 7.15. The van der Waals surface area contributed by atoms with Gasteiger partial charge < -0.3 is 9.57 Å². The van der Waals surface area contributed by atoms with Crippen molar-refractivity contribution in [2.24, 2.45) is 0 Å². The quantitative estimate of drug-likeness (QED) is 0.625. The van der Waals surface area contributed by atoms with Crippen LogP contribution in [0.25, 0.3) is 0 Å². The molecule has 2 aromatic rings. The number of rotatable bonds is 5. The van der Waals surface area contributed by atoms with Crippen molar-refractivity contribution in [1.29, 1.82) is 0 Å². The van der Waals surface area contributed by atoms with Crippen LogP contribution < -0.4 is 4.74 Å². The lowest BCUT2D eigenvalue weighted by Crippen LogP contribution is -2.32. The summed E-state index contributed by atoms with van der Waals surface area (Å²) in [7, 11) is 0. The van der Waals surface area contributed by atoms with Crippen molar-refractivity contribution in [3.63, 3.8) is 0 Å². The van der Waals surface area contributed by atoms with Gasteiger partial charge in [0.2, 0.25) is 0 Å². The minimum atomic E-state index is -0.806. The summed E-state index contributed by atoms with van der Waals surface area (Å²) >= 11 is 0. The first-order valence-electron chi connectivity index (χ1n) is 7.15. The standard InChI is InChI=1S/C18H13NO5/c1-2-11-23-13-9-7-12(8-10-13)18(22)24-19-16(20)14-5-3-4-6-15(14)17(19)21/h2-10H,1,11H2. The Bertz CT molecular complexity index is 791. The van der Waals surface area contributed by atoms with Gasteiger partial charge in [-0.25, -0.2) is 4.79 Å². The SMILES string of the molecule is C=CCOc1ccc(C(=O)ON2C(=O)c3ccccc3C2=O)cc1. The Labute approximate surface area is 137 Å². The summed E-state index contributed by atoms with van der Waals surface area (Å²) in [4.78, 5) is 41.4. The lowest BCUT2D eigenvalue weighted by Gasteiger charge is -2.12. The van der Waals surface area contributed by atoms with Crippen LogP contribution in [0.3, 0.4) is 0 Å². The fraction of sp³-hybridized carbons (Fsp3) is 0.0556. The summed E-state index contributed by atoms with van der Waals surface area (Å²) in [6.07, 6.45) is 1.60. The van der Waals surface area contributed by atoms with Crippen molar-refractivity contribution in [2.45, 2.75) is 0 Å². The minimum Gasteiger partial charge on any atom is -0.490 e. The normalized spacial score (nSPS) is 12.8. The molecule has 3 rings (SSSR count). The van der Waals surface area contributed by atoms with E-state index < -0.39 is 17.8 Å². The Balaban J connectivity index is 1.73. The van der Waals surface area contributed by atoms with Gasteiger partial charge in [0.25, 0.3) is 11.8 Å². The van der Waals surface area contributed by atoms with Crippen molar-refractivity contribution in [3.8, 4) is 5.75 Å². The zero-order valence-corrected chi connectivity index (χ0v) is 12.6. The summed E-state index contributed by atoms with van der Waals surface area (Å²) in [6, 6.07) is 12.4. The summed E-state index contributed by atoms with van der Waals surface area (Å²) in [5.74, 6) is -1.56. The zero-order valence-electron chi connectivity index (χ0n) is 12.6. The second-order valence-electron chi connectivity index (χ2n) is 4.95. The highest BCUT2D eigenvalue weighted by atomic mass is 16.7. The van der Waals surface area contributed by atoms with Crippen LogP contribution in [0.2, 0.25) is 0 Å². The lowest BCUT2D eigenvalue weighted by molar-refractivity contribution is -0.0584. The average molecular weight is 323 g/mol. The van der Waals surface area contributed by atoms with E-state index in [4.69, 9.17) is 9.57 Å². The molecule has 0 N–H and O–H groups in total. The number of hydroxylamine groups is 2. The predicted molar refractivity (Wildman–Crippen MR) is 84.5 cm³/mol. The second-order valence-corrected chi connectivity index (χ2v) is 4.95. The monoisotopic (exact) mass is 323 g/mol. The van der Waals surface area contributed by atoms with Crippen LogP contribution in [0.15, 0.2) is 61.2 Å². The van der Waals surface area contributed by atoms with Gasteiger partial charge in [0.15, 0.2) is 0 Å². The van der Waals surface area contributed by atoms with Gasteiger partial charge >= 0.3 is 5.97 Å². The van der Waals surface area contributed by atoms with E-state index in [0.717, 1.165) is 0 Å². The maximum absolute atomic E-state index is 12.1. The molecule has 0 spiro atoms. The molecule has 0 saturated carbocycles. The van der Waals surface area contributed by atoms with E-state index in [1.165, 1.54) is 24.3 Å². The van der Waals surface area contributed by atoms with Gasteiger partial charge in [0, 0.05) is 0 Å². The molecular formula is C18H13NO5. The van der Waals surface area contributed by atoms with Crippen molar-refractivity contribution in [2.75, 3.05) is 6.61 Å². The topological polar surface area (TPSA) is 72.9 Å². The van der Waals surface area contributed by atoms with Crippen molar-refractivity contribution in [3.05, 3.63) is 77.9 Å². The number of hydrogen-bond donors (Lipinski definition) is 0. The molecule has 0 saturated heterocycles. The molecular weight excluding hydrogens is 310 g/mol. The number of carbonyl (C=O) groups excluding carboxylic acids is 3. The van der Waals surface area contributed by atoms with Crippen LogP contribution in [0.5, 0.6) is 5.75 Å². The van der Waals surface area contributed by atoms with Crippen LogP contribution in [0, 0.1) is 0 Å². The van der Waals surface area contributed by atoms with Crippen LogP contribution >= 0.6 is 0 Å². The number of imide groups is 1. The molecule has 0 atom stereocenters. The smallest absolute Gasteiger partial charge is 0.363 e. The van der Waals surface area contributed by atoms with Crippen LogP contribution in [-0.2, 0) is 4.84 Å². The number of amides is 2. The van der Waals surface area contributed by atoms with E-state index in [1.807, 2.05) is 0 Å². The third kappa shape index (κ3) is 2.77. The van der Waals surface area contributed by atoms with Crippen molar-refractivity contribution in [1.82, 2.24) is 5.06 Å². The van der Waals surface area contributed by atoms with Crippen LogP contribution in [0.4, 0.5) is 0 Å². The summed E-state index contributed by atoms with van der Waals surface area (Å²) in [5.41, 5.74) is 0.615. The third-order valence-electron chi connectivity index (χ3n) is 3.39. The van der Waals surface area contributed by atoms with E-state index in [-0.39, 0.29) is 16.7 Å². The maximum Gasteiger partial charge on any atom is 0.363 e. The molecule has 1 heterocycles. The summed E-state index contributed by atoms with van der Waals surface area (Å²) < 4.78 is 5.31. The highest BCUT2D eigenvalue weighted by Gasteiger charge is 2.38. The van der Waals surface area contributed by atoms with E-state index in [2.05, 4.69) is 6.58 Å². The molecule has 0 aliphatic carbocycles. The molecule has 2 aromatic carbocycles. The maximum atomic E-state index is 12.1. The molecule has 1 aliphatic rings. The first kappa shape index (κ1) is 15.5. The van der Waals surface area contributed by atoms with Gasteiger partial charge in [-0.2, -0.15) is 0 Å². The Morgan fingerprint density at radius 3 is 2.12 bits per heavy atom. The Kier molecular flexibility index (Phi) is 4.11. The van der Waals surface area contributed by atoms with Crippen LogP contribution in [-0.4, -0.2) is 29.5 Å². The minimum absolute atomic E-state index is 0.192. The van der Waals surface area contributed by atoms with Gasteiger partial charge in [0.1, 0.15) is 12.4 Å². The van der Waals surface area contributed by atoms with Gasteiger partial charge in [0.05, 0.1) is 16.7 Å². The number of benzene rings is 2. The van der Waals surface area contributed by atoms with E-state index >= 15 is 0 Å². The molecule has 120 valence electrons. The van der Waals surface area contributed by atoms with Crippen molar-refractivity contribution < 1.29 is 24.0 Å². The summed E-state index contributed by atoms with van der Waals surface area (Å²) in [6.45, 7) is 3.89. The molecule has 0 bridgehead atoms.